The molecule has 1 amide bonds. The standard InChI is InChI=1S/C25H27N3O2S2/c29-22-15-24(31)26-21(22)14-19-6-8-23(32-19)17-5-7-20-18(13-17)16-28(25(20)30)12-4-11-27-9-2-1-3-10-27/h5-8,13-14H,1-4,9-12,15-16H2,(H,26,31)/b21-14+. The highest BCUT2D eigenvalue weighted by atomic mass is 32.1. The lowest BCUT2D eigenvalue weighted by molar-refractivity contribution is -0.114. The van der Waals surface area contributed by atoms with Gasteiger partial charge in [-0.05, 0) is 80.4 Å². The maximum atomic E-state index is 12.8. The second-order valence-corrected chi connectivity index (χ2v) is 10.4. The van der Waals surface area contributed by atoms with Crippen LogP contribution < -0.4 is 5.32 Å². The summed E-state index contributed by atoms with van der Waals surface area (Å²) in [5.41, 5.74) is 3.63. The summed E-state index contributed by atoms with van der Waals surface area (Å²) in [4.78, 5) is 32.0. The Balaban J connectivity index is 1.24. The molecule has 0 unspecified atom stereocenters. The first-order chi connectivity index (χ1) is 15.6. The molecule has 32 heavy (non-hydrogen) atoms. The molecule has 7 heteroatoms. The number of benzene rings is 1. The molecular weight excluding hydrogens is 438 g/mol. The summed E-state index contributed by atoms with van der Waals surface area (Å²) < 4.78 is 0. The van der Waals surface area contributed by atoms with Crippen LogP contribution in [0.3, 0.4) is 0 Å². The number of Topliss-reactive ketones (excluding diaryl/α,β-unsaturated/α-hetero) is 1. The van der Waals surface area contributed by atoms with Crippen molar-refractivity contribution in [2.24, 2.45) is 0 Å². The summed E-state index contributed by atoms with van der Waals surface area (Å²) in [7, 11) is 0. The lowest BCUT2D eigenvalue weighted by Crippen LogP contribution is -2.33. The van der Waals surface area contributed by atoms with Crippen LogP contribution in [0.25, 0.3) is 16.5 Å². The van der Waals surface area contributed by atoms with Gasteiger partial charge in [-0.15, -0.1) is 11.3 Å². The van der Waals surface area contributed by atoms with E-state index in [1.165, 1.54) is 32.4 Å². The van der Waals surface area contributed by atoms with Crippen molar-refractivity contribution >= 4 is 46.3 Å². The van der Waals surface area contributed by atoms with Crippen molar-refractivity contribution in [3.8, 4) is 10.4 Å². The average molecular weight is 466 g/mol. The van der Waals surface area contributed by atoms with Gasteiger partial charge in [0.25, 0.3) is 5.91 Å². The Labute approximate surface area is 198 Å². The van der Waals surface area contributed by atoms with Gasteiger partial charge in [-0.3, -0.25) is 9.59 Å². The maximum Gasteiger partial charge on any atom is 0.254 e. The topological polar surface area (TPSA) is 52.7 Å². The molecule has 1 N–H and O–H groups in total. The number of nitrogens with zero attached hydrogens (tertiary/aromatic N) is 2. The molecule has 3 aliphatic heterocycles. The lowest BCUT2D eigenvalue weighted by atomic mass is 10.1. The largest absolute Gasteiger partial charge is 0.347 e. The van der Waals surface area contributed by atoms with Crippen molar-refractivity contribution in [3.05, 3.63) is 52.0 Å². The minimum absolute atomic E-state index is 0.0429. The van der Waals surface area contributed by atoms with Crippen molar-refractivity contribution in [1.82, 2.24) is 15.1 Å². The molecule has 0 atom stereocenters. The van der Waals surface area contributed by atoms with E-state index < -0.39 is 0 Å². The molecule has 3 aliphatic rings. The van der Waals surface area contributed by atoms with Gasteiger partial charge in [0.05, 0.1) is 17.1 Å². The molecule has 0 saturated carbocycles. The molecule has 1 aromatic heterocycles. The molecule has 2 saturated heterocycles. The van der Waals surface area contributed by atoms with E-state index in [1.54, 1.807) is 11.3 Å². The van der Waals surface area contributed by atoms with Crippen LogP contribution in [0.15, 0.2) is 36.0 Å². The Morgan fingerprint density at radius 3 is 2.69 bits per heavy atom. The van der Waals surface area contributed by atoms with E-state index in [0.29, 0.717) is 23.7 Å². The van der Waals surface area contributed by atoms with E-state index in [-0.39, 0.29) is 11.7 Å². The van der Waals surface area contributed by atoms with Gasteiger partial charge in [0.15, 0.2) is 5.78 Å². The molecule has 4 heterocycles. The minimum atomic E-state index is 0.0429. The summed E-state index contributed by atoms with van der Waals surface area (Å²) in [5.74, 6) is 0.199. The number of hydrogen-bond donors (Lipinski definition) is 1. The zero-order chi connectivity index (χ0) is 22.1. The van der Waals surface area contributed by atoms with Gasteiger partial charge in [-0.25, -0.2) is 0 Å². The summed E-state index contributed by atoms with van der Waals surface area (Å²) in [6, 6.07) is 10.2. The molecule has 0 radical (unpaired) electrons. The zero-order valence-corrected chi connectivity index (χ0v) is 19.7. The van der Waals surface area contributed by atoms with E-state index in [2.05, 4.69) is 22.3 Å². The van der Waals surface area contributed by atoms with E-state index in [4.69, 9.17) is 12.2 Å². The van der Waals surface area contributed by atoms with Crippen molar-refractivity contribution in [1.29, 1.82) is 0 Å². The highest BCUT2D eigenvalue weighted by molar-refractivity contribution is 7.80. The van der Waals surface area contributed by atoms with Crippen molar-refractivity contribution < 1.29 is 9.59 Å². The number of hydrogen-bond acceptors (Lipinski definition) is 5. The molecule has 2 fully saturated rings. The Morgan fingerprint density at radius 2 is 1.91 bits per heavy atom. The zero-order valence-electron chi connectivity index (χ0n) is 18.1. The van der Waals surface area contributed by atoms with Crippen LogP contribution in [0.1, 0.15) is 52.9 Å². The van der Waals surface area contributed by atoms with Gasteiger partial charge in [0, 0.05) is 28.4 Å². The second kappa shape index (κ2) is 9.25. The third-order valence-corrected chi connectivity index (χ3v) is 7.76. The van der Waals surface area contributed by atoms with E-state index in [0.717, 1.165) is 46.0 Å². The third-order valence-electron chi connectivity index (χ3n) is 6.43. The van der Waals surface area contributed by atoms with Gasteiger partial charge in [0.2, 0.25) is 0 Å². The van der Waals surface area contributed by atoms with Gasteiger partial charge >= 0.3 is 0 Å². The number of carbonyl (C=O) groups is 2. The van der Waals surface area contributed by atoms with Crippen LogP contribution in [-0.2, 0) is 11.3 Å². The first kappa shape index (κ1) is 21.5. The predicted molar refractivity (Wildman–Crippen MR) is 133 cm³/mol. The SMILES string of the molecule is O=C1CC(=S)N/C1=C/c1ccc(-c2ccc3c(c2)CN(CCCN2CCCCC2)C3=O)s1. The fourth-order valence-corrected chi connectivity index (χ4v) is 5.92. The van der Waals surface area contributed by atoms with Crippen LogP contribution in [0.5, 0.6) is 0 Å². The molecule has 5 rings (SSSR count). The molecule has 1 aromatic carbocycles. The molecule has 2 aromatic rings. The Hall–Kier alpha value is -2.35. The van der Waals surface area contributed by atoms with E-state index in [9.17, 15) is 9.59 Å². The summed E-state index contributed by atoms with van der Waals surface area (Å²) in [5, 5.41) is 2.99. The first-order valence-corrected chi connectivity index (χ1v) is 12.6. The highest BCUT2D eigenvalue weighted by Crippen LogP contribution is 2.33. The number of amides is 1. The van der Waals surface area contributed by atoms with E-state index in [1.807, 2.05) is 29.2 Å². The van der Waals surface area contributed by atoms with Crippen LogP contribution in [0.4, 0.5) is 0 Å². The number of nitrogens with one attached hydrogen (secondary N) is 1. The van der Waals surface area contributed by atoms with Crippen LogP contribution in [0.2, 0.25) is 0 Å². The normalized spacial score (nSPS) is 20.3. The number of thiophene rings is 1. The number of thiocarbonyl (C=S) groups is 1. The molecule has 166 valence electrons. The monoisotopic (exact) mass is 465 g/mol. The van der Waals surface area contributed by atoms with Gasteiger partial charge in [-0.1, -0.05) is 24.7 Å². The first-order valence-electron chi connectivity index (χ1n) is 11.4. The number of carbonyl (C=O) groups excluding carboxylic acids is 2. The number of fused-ring (bicyclic) bond motifs is 1. The van der Waals surface area contributed by atoms with Crippen molar-refractivity contribution in [2.45, 2.75) is 38.6 Å². The van der Waals surface area contributed by atoms with E-state index >= 15 is 0 Å². The molecule has 0 aliphatic carbocycles. The Bertz CT molecular complexity index is 1100. The van der Waals surface area contributed by atoms with Gasteiger partial charge in [0.1, 0.15) is 0 Å². The number of ketones is 1. The van der Waals surface area contributed by atoms with Gasteiger partial charge < -0.3 is 15.1 Å². The summed E-state index contributed by atoms with van der Waals surface area (Å²) in [6.45, 7) is 5.00. The molecular formula is C25H27N3O2S2. The third kappa shape index (κ3) is 4.56. The summed E-state index contributed by atoms with van der Waals surface area (Å²) in [6.07, 6.45) is 7.16. The highest BCUT2D eigenvalue weighted by Gasteiger charge is 2.27. The van der Waals surface area contributed by atoms with Crippen LogP contribution in [0, 0.1) is 0 Å². The van der Waals surface area contributed by atoms with Crippen LogP contribution in [-0.4, -0.2) is 52.7 Å². The minimum Gasteiger partial charge on any atom is -0.347 e. The maximum absolute atomic E-state index is 12.8. The Kier molecular flexibility index (Phi) is 6.22. The molecule has 5 nitrogen and oxygen atoms in total. The van der Waals surface area contributed by atoms with Crippen molar-refractivity contribution in [3.63, 3.8) is 0 Å². The molecule has 0 bridgehead atoms. The number of likely N-dealkylation sites (tertiary alicyclic amines) is 1. The van der Waals surface area contributed by atoms with Crippen LogP contribution >= 0.6 is 23.6 Å². The second-order valence-electron chi connectivity index (χ2n) is 8.76. The fourth-order valence-electron chi connectivity index (χ4n) is 4.73. The predicted octanol–water partition coefficient (Wildman–Crippen LogP) is 4.48. The molecule has 0 spiro atoms. The Morgan fingerprint density at radius 1 is 1.06 bits per heavy atom. The summed E-state index contributed by atoms with van der Waals surface area (Å²) >= 11 is 6.73. The van der Waals surface area contributed by atoms with Gasteiger partial charge in [-0.2, -0.15) is 0 Å². The number of piperidine rings is 1. The number of allylic oxidation sites excluding steroid dienone is 1. The quantitative estimate of drug-likeness (QED) is 0.504. The average Bonchev–Trinajstić information content (AvgIpc) is 3.47. The van der Waals surface area contributed by atoms with Crippen molar-refractivity contribution in [2.75, 3.05) is 26.2 Å². The number of rotatable bonds is 6. The smallest absolute Gasteiger partial charge is 0.254 e. The fraction of sp³-hybridized carbons (Fsp3) is 0.400. The lowest BCUT2D eigenvalue weighted by Gasteiger charge is -2.27.